The highest BCUT2D eigenvalue weighted by Crippen LogP contribution is 2.29. The van der Waals surface area contributed by atoms with Crippen LogP contribution in [-0.2, 0) is 9.59 Å². The lowest BCUT2D eigenvalue weighted by atomic mass is 9.94. The third-order valence-corrected chi connectivity index (χ3v) is 3.64. The Balaban J connectivity index is 2.08. The van der Waals surface area contributed by atoms with Gasteiger partial charge >= 0.3 is 5.97 Å². The quantitative estimate of drug-likeness (QED) is 0.694. The molecular formula is C12H14N4O4. The minimum absolute atomic E-state index is 0.0278. The molecule has 1 amide bonds. The summed E-state index contributed by atoms with van der Waals surface area (Å²) < 4.78 is 0. The maximum absolute atomic E-state index is 12.1. The molecule has 3 N–H and O–H groups in total. The molecule has 1 fully saturated rings. The predicted molar refractivity (Wildman–Crippen MR) is 69.9 cm³/mol. The van der Waals surface area contributed by atoms with Crippen molar-refractivity contribution in [1.29, 1.82) is 0 Å². The molecule has 8 heteroatoms. The number of hydrogen-bond donors (Lipinski definition) is 3. The van der Waals surface area contributed by atoms with Crippen molar-refractivity contribution in [2.45, 2.75) is 25.2 Å². The Kier molecular flexibility index (Phi) is 2.92. The lowest BCUT2D eigenvalue weighted by Crippen LogP contribution is -2.35. The van der Waals surface area contributed by atoms with E-state index in [0.717, 1.165) is 25.9 Å². The summed E-state index contributed by atoms with van der Waals surface area (Å²) >= 11 is 0. The number of rotatable bonds is 2. The van der Waals surface area contributed by atoms with E-state index >= 15 is 0 Å². The monoisotopic (exact) mass is 278 g/mol. The van der Waals surface area contributed by atoms with Crippen LogP contribution in [0, 0.1) is 0 Å². The average Bonchev–Trinajstić information content (AvgIpc) is 2.90. The fourth-order valence-electron chi connectivity index (χ4n) is 2.65. The van der Waals surface area contributed by atoms with E-state index in [0.29, 0.717) is 5.95 Å². The van der Waals surface area contributed by atoms with Gasteiger partial charge < -0.3 is 15.3 Å². The molecule has 3 rings (SSSR count). The van der Waals surface area contributed by atoms with E-state index in [1.165, 1.54) is 0 Å². The molecule has 1 saturated heterocycles. The SMILES string of the molecule is O=C1C[C@@H](C(=O)O)c2c(nc(N3CCCC3)[nH]c2=O)N1. The molecule has 3 heterocycles. The van der Waals surface area contributed by atoms with Crippen LogP contribution in [0.1, 0.15) is 30.7 Å². The van der Waals surface area contributed by atoms with Crippen LogP contribution in [0.25, 0.3) is 0 Å². The number of carbonyl (C=O) groups is 2. The summed E-state index contributed by atoms with van der Waals surface area (Å²) in [5, 5.41) is 11.6. The first-order valence-corrected chi connectivity index (χ1v) is 6.48. The maximum atomic E-state index is 12.1. The molecule has 0 bridgehead atoms. The largest absolute Gasteiger partial charge is 0.481 e. The highest BCUT2D eigenvalue weighted by molar-refractivity contribution is 5.98. The zero-order valence-electron chi connectivity index (χ0n) is 10.7. The Morgan fingerprint density at radius 2 is 2.00 bits per heavy atom. The fraction of sp³-hybridized carbons (Fsp3) is 0.500. The number of amides is 1. The number of anilines is 2. The Hall–Kier alpha value is -2.38. The van der Waals surface area contributed by atoms with Crippen molar-refractivity contribution in [3.8, 4) is 0 Å². The minimum Gasteiger partial charge on any atom is -0.481 e. The molecule has 0 aliphatic carbocycles. The number of hydrogen-bond acceptors (Lipinski definition) is 5. The van der Waals surface area contributed by atoms with E-state index in [9.17, 15) is 14.4 Å². The zero-order valence-corrected chi connectivity index (χ0v) is 10.7. The number of aromatic nitrogens is 2. The molecule has 0 unspecified atom stereocenters. The molecule has 0 aromatic carbocycles. The number of fused-ring (bicyclic) bond motifs is 1. The summed E-state index contributed by atoms with van der Waals surface area (Å²) in [7, 11) is 0. The molecule has 0 saturated carbocycles. The molecule has 2 aliphatic rings. The van der Waals surface area contributed by atoms with Crippen molar-refractivity contribution < 1.29 is 14.7 Å². The number of nitrogens with one attached hydrogen (secondary N) is 2. The van der Waals surface area contributed by atoms with Gasteiger partial charge in [0.05, 0.1) is 11.5 Å². The van der Waals surface area contributed by atoms with Crippen LogP contribution in [0.2, 0.25) is 0 Å². The Labute approximate surface area is 113 Å². The molecule has 0 radical (unpaired) electrons. The van der Waals surface area contributed by atoms with Crippen LogP contribution < -0.4 is 15.8 Å². The molecule has 20 heavy (non-hydrogen) atoms. The fourth-order valence-corrected chi connectivity index (χ4v) is 2.65. The summed E-state index contributed by atoms with van der Waals surface area (Å²) in [6.07, 6.45) is 1.80. The first-order chi connectivity index (χ1) is 9.56. The summed E-state index contributed by atoms with van der Waals surface area (Å²) in [5.41, 5.74) is -0.468. The smallest absolute Gasteiger partial charge is 0.311 e. The number of carboxylic acids is 1. The molecular weight excluding hydrogens is 264 g/mol. The van der Waals surface area contributed by atoms with E-state index in [4.69, 9.17) is 5.11 Å². The van der Waals surface area contributed by atoms with Crippen LogP contribution in [-0.4, -0.2) is 40.0 Å². The number of aromatic amines is 1. The zero-order chi connectivity index (χ0) is 14.3. The lowest BCUT2D eigenvalue weighted by molar-refractivity contribution is -0.140. The van der Waals surface area contributed by atoms with Gasteiger partial charge in [-0.2, -0.15) is 4.98 Å². The van der Waals surface area contributed by atoms with Gasteiger partial charge in [0.1, 0.15) is 5.82 Å². The van der Waals surface area contributed by atoms with E-state index in [-0.39, 0.29) is 17.8 Å². The second-order valence-corrected chi connectivity index (χ2v) is 4.99. The van der Waals surface area contributed by atoms with Crippen molar-refractivity contribution in [2.75, 3.05) is 23.3 Å². The summed E-state index contributed by atoms with van der Waals surface area (Å²) in [5.74, 6) is -2.31. The molecule has 2 aliphatic heterocycles. The Morgan fingerprint density at radius 3 is 2.65 bits per heavy atom. The van der Waals surface area contributed by atoms with Gasteiger partial charge in [-0.1, -0.05) is 0 Å². The minimum atomic E-state index is -1.19. The van der Waals surface area contributed by atoms with Crippen LogP contribution >= 0.6 is 0 Å². The average molecular weight is 278 g/mol. The van der Waals surface area contributed by atoms with E-state index < -0.39 is 23.4 Å². The normalized spacial score (nSPS) is 21.5. The van der Waals surface area contributed by atoms with E-state index in [2.05, 4.69) is 15.3 Å². The van der Waals surface area contributed by atoms with Crippen LogP contribution in [0.5, 0.6) is 0 Å². The van der Waals surface area contributed by atoms with Crippen molar-refractivity contribution in [2.24, 2.45) is 0 Å². The van der Waals surface area contributed by atoms with Gasteiger partial charge in [0.2, 0.25) is 11.9 Å². The van der Waals surface area contributed by atoms with E-state index in [1.54, 1.807) is 0 Å². The van der Waals surface area contributed by atoms with Crippen LogP contribution in [0.4, 0.5) is 11.8 Å². The highest BCUT2D eigenvalue weighted by Gasteiger charge is 2.35. The van der Waals surface area contributed by atoms with Gasteiger partial charge in [-0.05, 0) is 12.8 Å². The summed E-state index contributed by atoms with van der Waals surface area (Å²) in [4.78, 5) is 43.6. The number of aliphatic carboxylic acids is 1. The lowest BCUT2D eigenvalue weighted by Gasteiger charge is -2.23. The summed E-state index contributed by atoms with van der Waals surface area (Å²) in [6, 6.07) is 0. The molecule has 1 aromatic rings. The third kappa shape index (κ3) is 2.02. The van der Waals surface area contributed by atoms with Crippen molar-refractivity contribution in [3.63, 3.8) is 0 Å². The van der Waals surface area contributed by atoms with Gasteiger partial charge in [-0.15, -0.1) is 0 Å². The van der Waals surface area contributed by atoms with Gasteiger partial charge in [-0.3, -0.25) is 19.4 Å². The number of carbonyl (C=O) groups excluding carboxylic acids is 1. The van der Waals surface area contributed by atoms with Crippen LogP contribution in [0.3, 0.4) is 0 Å². The molecule has 0 spiro atoms. The number of H-pyrrole nitrogens is 1. The molecule has 1 atom stereocenters. The predicted octanol–water partition coefficient (Wildman–Crippen LogP) is -0.119. The Morgan fingerprint density at radius 1 is 1.30 bits per heavy atom. The van der Waals surface area contributed by atoms with Gasteiger partial charge in [0, 0.05) is 19.5 Å². The van der Waals surface area contributed by atoms with E-state index in [1.807, 2.05) is 4.90 Å². The van der Waals surface area contributed by atoms with Gasteiger partial charge in [0.15, 0.2) is 0 Å². The van der Waals surface area contributed by atoms with Gasteiger partial charge in [-0.25, -0.2) is 0 Å². The maximum Gasteiger partial charge on any atom is 0.311 e. The van der Waals surface area contributed by atoms with Gasteiger partial charge in [0.25, 0.3) is 5.56 Å². The molecule has 8 nitrogen and oxygen atoms in total. The first kappa shape index (κ1) is 12.6. The first-order valence-electron chi connectivity index (χ1n) is 6.48. The summed E-state index contributed by atoms with van der Waals surface area (Å²) in [6.45, 7) is 1.58. The second kappa shape index (κ2) is 4.62. The second-order valence-electron chi connectivity index (χ2n) is 4.99. The van der Waals surface area contributed by atoms with Crippen molar-refractivity contribution in [1.82, 2.24) is 9.97 Å². The topological polar surface area (TPSA) is 115 Å². The van der Waals surface area contributed by atoms with Crippen LogP contribution in [0.15, 0.2) is 4.79 Å². The standard InChI is InChI=1S/C12H14N4O4/c17-7-5-6(11(19)20)8-9(13-7)14-12(15-10(8)18)16-3-1-2-4-16/h6H,1-5H2,(H,19,20)(H2,13,14,15,17,18)/t6-/m1/s1. The third-order valence-electron chi connectivity index (χ3n) is 3.64. The number of nitrogens with zero attached hydrogens (tertiary/aromatic N) is 2. The Bertz CT molecular complexity index is 633. The number of carboxylic acid groups (broad SMARTS) is 1. The molecule has 106 valence electrons. The van der Waals surface area contributed by atoms with Crippen molar-refractivity contribution >= 4 is 23.6 Å². The highest BCUT2D eigenvalue weighted by atomic mass is 16.4. The van der Waals surface area contributed by atoms with Crippen molar-refractivity contribution in [3.05, 3.63) is 15.9 Å². The molecule has 1 aromatic heterocycles.